The number of nitrogens with one attached hydrogen (secondary N) is 1. The standard InChI is InChI=1S/C18H18ClNO4S/c1-10(24-13-8-4-3-7-12(13)19)16(21)20-17-15(18(22)23-2)11-6-5-9-14(11)25-17/h3-4,7-8,10H,5-6,9H2,1-2H3,(H,20,21). The van der Waals surface area contributed by atoms with Crippen LogP contribution in [0, 0.1) is 0 Å². The molecule has 1 amide bonds. The molecule has 0 saturated carbocycles. The number of carbonyl (C=O) groups excluding carboxylic acids is 2. The number of hydrogen-bond acceptors (Lipinski definition) is 5. The summed E-state index contributed by atoms with van der Waals surface area (Å²) in [7, 11) is 1.34. The third-order valence-electron chi connectivity index (χ3n) is 4.06. The largest absolute Gasteiger partial charge is 0.479 e. The minimum atomic E-state index is -0.762. The van der Waals surface area contributed by atoms with Gasteiger partial charge in [0.25, 0.3) is 5.91 Å². The van der Waals surface area contributed by atoms with Crippen molar-refractivity contribution in [2.45, 2.75) is 32.3 Å². The molecule has 5 nitrogen and oxygen atoms in total. The van der Waals surface area contributed by atoms with Crippen LogP contribution in [-0.4, -0.2) is 25.1 Å². The molecule has 0 aliphatic heterocycles. The Labute approximate surface area is 154 Å². The zero-order valence-corrected chi connectivity index (χ0v) is 15.5. The maximum atomic E-state index is 12.5. The number of hydrogen-bond donors (Lipinski definition) is 1. The predicted octanol–water partition coefficient (Wildman–Crippen LogP) is 4.08. The Morgan fingerprint density at radius 2 is 2.04 bits per heavy atom. The van der Waals surface area contributed by atoms with Crippen molar-refractivity contribution in [2.24, 2.45) is 0 Å². The van der Waals surface area contributed by atoms with Gasteiger partial charge in [-0.1, -0.05) is 23.7 Å². The summed E-state index contributed by atoms with van der Waals surface area (Å²) < 4.78 is 10.5. The molecular weight excluding hydrogens is 362 g/mol. The molecule has 2 aromatic rings. The van der Waals surface area contributed by atoms with Crippen molar-refractivity contribution < 1.29 is 19.1 Å². The second kappa shape index (κ2) is 7.45. The topological polar surface area (TPSA) is 64.6 Å². The Hall–Kier alpha value is -2.05. The van der Waals surface area contributed by atoms with Crippen LogP contribution in [0.25, 0.3) is 0 Å². The first-order valence-corrected chi connectivity index (χ1v) is 9.15. The fourth-order valence-electron chi connectivity index (χ4n) is 2.81. The number of rotatable bonds is 5. The highest BCUT2D eigenvalue weighted by molar-refractivity contribution is 7.17. The maximum Gasteiger partial charge on any atom is 0.341 e. The van der Waals surface area contributed by atoms with Gasteiger partial charge in [-0.25, -0.2) is 4.79 Å². The summed E-state index contributed by atoms with van der Waals surface area (Å²) in [5.41, 5.74) is 1.46. The van der Waals surface area contributed by atoms with Crippen LogP contribution in [0.5, 0.6) is 5.75 Å². The summed E-state index contributed by atoms with van der Waals surface area (Å²) in [6.07, 6.45) is 2.01. The molecule has 1 heterocycles. The van der Waals surface area contributed by atoms with E-state index < -0.39 is 12.1 Å². The molecule has 132 valence electrons. The van der Waals surface area contributed by atoms with Gasteiger partial charge in [-0.15, -0.1) is 11.3 Å². The number of carbonyl (C=O) groups is 2. The molecule has 1 unspecified atom stereocenters. The molecule has 1 aromatic heterocycles. The predicted molar refractivity (Wildman–Crippen MR) is 97.9 cm³/mol. The Morgan fingerprint density at radius 1 is 1.28 bits per heavy atom. The monoisotopic (exact) mass is 379 g/mol. The number of benzene rings is 1. The van der Waals surface area contributed by atoms with Crippen LogP contribution in [0.3, 0.4) is 0 Å². The maximum absolute atomic E-state index is 12.5. The van der Waals surface area contributed by atoms with Gasteiger partial charge < -0.3 is 14.8 Å². The zero-order chi connectivity index (χ0) is 18.0. The van der Waals surface area contributed by atoms with E-state index in [1.54, 1.807) is 31.2 Å². The molecule has 1 aliphatic rings. The third-order valence-corrected chi connectivity index (χ3v) is 5.58. The van der Waals surface area contributed by atoms with E-state index in [1.807, 2.05) is 0 Å². The Morgan fingerprint density at radius 3 is 2.76 bits per heavy atom. The van der Waals surface area contributed by atoms with E-state index in [1.165, 1.54) is 18.4 Å². The molecule has 0 fully saturated rings. The number of methoxy groups -OCH3 is 1. The molecule has 25 heavy (non-hydrogen) atoms. The Bertz CT molecular complexity index is 817. The van der Waals surface area contributed by atoms with Crippen molar-refractivity contribution >= 4 is 39.8 Å². The van der Waals surface area contributed by atoms with Crippen LogP contribution in [0.1, 0.15) is 34.1 Å². The number of halogens is 1. The van der Waals surface area contributed by atoms with E-state index >= 15 is 0 Å². The van der Waals surface area contributed by atoms with Gasteiger partial charge in [0.05, 0.1) is 17.7 Å². The van der Waals surface area contributed by atoms with Gasteiger partial charge in [-0.3, -0.25) is 4.79 Å². The number of esters is 1. The van der Waals surface area contributed by atoms with Gasteiger partial charge in [-0.05, 0) is 43.9 Å². The first-order valence-electron chi connectivity index (χ1n) is 7.96. The van der Waals surface area contributed by atoms with Crippen molar-refractivity contribution in [1.29, 1.82) is 0 Å². The Kier molecular flexibility index (Phi) is 5.30. The molecule has 0 bridgehead atoms. The van der Waals surface area contributed by atoms with Gasteiger partial charge in [0.1, 0.15) is 10.8 Å². The number of ether oxygens (including phenoxy) is 2. The molecule has 1 aliphatic carbocycles. The molecule has 0 saturated heterocycles. The number of fused-ring (bicyclic) bond motifs is 1. The van der Waals surface area contributed by atoms with Crippen molar-refractivity contribution in [1.82, 2.24) is 0 Å². The summed E-state index contributed by atoms with van der Waals surface area (Å²) in [5.74, 6) is -0.326. The van der Waals surface area contributed by atoms with Crippen LogP contribution in [-0.2, 0) is 22.4 Å². The lowest BCUT2D eigenvalue weighted by Crippen LogP contribution is -2.30. The molecule has 0 radical (unpaired) electrons. The minimum Gasteiger partial charge on any atom is -0.479 e. The molecule has 3 rings (SSSR count). The summed E-state index contributed by atoms with van der Waals surface area (Å²) in [5, 5.41) is 3.77. The van der Waals surface area contributed by atoms with Crippen molar-refractivity contribution in [3.63, 3.8) is 0 Å². The number of aryl methyl sites for hydroxylation is 1. The summed E-state index contributed by atoms with van der Waals surface area (Å²) >= 11 is 7.49. The number of para-hydroxylation sites is 1. The van der Waals surface area contributed by atoms with Gasteiger partial charge in [0.15, 0.2) is 6.10 Å². The van der Waals surface area contributed by atoms with E-state index in [4.69, 9.17) is 21.1 Å². The normalized spacial score (nSPS) is 13.9. The average Bonchev–Trinajstić information content (AvgIpc) is 3.16. The van der Waals surface area contributed by atoms with Crippen molar-refractivity contribution in [3.05, 3.63) is 45.3 Å². The van der Waals surface area contributed by atoms with E-state index in [-0.39, 0.29) is 5.91 Å². The third kappa shape index (κ3) is 3.65. The van der Waals surface area contributed by atoms with Gasteiger partial charge in [-0.2, -0.15) is 0 Å². The Balaban J connectivity index is 1.77. The fourth-order valence-corrected chi connectivity index (χ4v) is 4.27. The van der Waals surface area contributed by atoms with Crippen LogP contribution in [0.15, 0.2) is 24.3 Å². The summed E-state index contributed by atoms with van der Waals surface area (Å²) in [6, 6.07) is 6.97. The van der Waals surface area contributed by atoms with E-state index in [9.17, 15) is 9.59 Å². The number of amides is 1. The average molecular weight is 380 g/mol. The minimum absolute atomic E-state index is 0.343. The van der Waals surface area contributed by atoms with Crippen molar-refractivity contribution in [3.8, 4) is 5.75 Å². The lowest BCUT2D eigenvalue weighted by molar-refractivity contribution is -0.122. The van der Waals surface area contributed by atoms with Crippen molar-refractivity contribution in [2.75, 3.05) is 12.4 Å². The van der Waals surface area contributed by atoms with Gasteiger partial charge in [0.2, 0.25) is 0 Å². The first-order chi connectivity index (χ1) is 12.0. The molecule has 1 N–H and O–H groups in total. The van der Waals surface area contributed by atoms with E-state index in [0.29, 0.717) is 21.3 Å². The van der Waals surface area contributed by atoms with Gasteiger partial charge >= 0.3 is 5.97 Å². The second-order valence-electron chi connectivity index (χ2n) is 5.73. The molecule has 7 heteroatoms. The molecule has 1 atom stereocenters. The highest BCUT2D eigenvalue weighted by atomic mass is 35.5. The molecule has 1 aromatic carbocycles. The smallest absolute Gasteiger partial charge is 0.341 e. The SMILES string of the molecule is COC(=O)c1c(NC(=O)C(C)Oc2ccccc2Cl)sc2c1CCC2. The van der Waals surface area contributed by atoms with Crippen LogP contribution in [0.2, 0.25) is 5.02 Å². The lowest BCUT2D eigenvalue weighted by atomic mass is 10.1. The second-order valence-corrected chi connectivity index (χ2v) is 7.25. The van der Waals surface area contributed by atoms with E-state index in [2.05, 4.69) is 5.32 Å². The highest BCUT2D eigenvalue weighted by Gasteiger charge is 2.29. The van der Waals surface area contributed by atoms with E-state index in [0.717, 1.165) is 29.7 Å². The zero-order valence-electron chi connectivity index (χ0n) is 13.9. The number of thiophene rings is 1. The summed E-state index contributed by atoms with van der Waals surface area (Å²) in [4.78, 5) is 25.8. The van der Waals surface area contributed by atoms with Crippen LogP contribution in [0.4, 0.5) is 5.00 Å². The quantitative estimate of drug-likeness (QED) is 0.795. The summed E-state index contributed by atoms with van der Waals surface area (Å²) in [6.45, 7) is 1.64. The van der Waals surface area contributed by atoms with Crippen LogP contribution >= 0.6 is 22.9 Å². The number of anilines is 1. The fraction of sp³-hybridized carbons (Fsp3) is 0.333. The molecule has 0 spiro atoms. The van der Waals surface area contributed by atoms with Gasteiger partial charge in [0, 0.05) is 4.88 Å². The highest BCUT2D eigenvalue weighted by Crippen LogP contribution is 2.39. The first kappa shape index (κ1) is 17.8. The lowest BCUT2D eigenvalue weighted by Gasteiger charge is -2.15. The van der Waals surface area contributed by atoms with Crippen LogP contribution < -0.4 is 10.1 Å². The molecular formula is C18H18ClNO4S.